The summed E-state index contributed by atoms with van der Waals surface area (Å²) in [4.78, 5) is 0. The van der Waals surface area contributed by atoms with Gasteiger partial charge in [-0.3, -0.25) is 0 Å². The SMILES string of the molecule is Cc1ccc(NCc2nnc(COc3ccccc3)o2)cc1. The van der Waals surface area contributed by atoms with Crippen LogP contribution in [0.3, 0.4) is 0 Å². The summed E-state index contributed by atoms with van der Waals surface area (Å²) in [5.41, 5.74) is 2.24. The van der Waals surface area contributed by atoms with Crippen LogP contribution >= 0.6 is 0 Å². The second kappa shape index (κ2) is 6.76. The van der Waals surface area contributed by atoms with Gasteiger partial charge in [0, 0.05) is 5.69 Å². The number of aromatic nitrogens is 2. The lowest BCUT2D eigenvalue weighted by Gasteiger charge is -2.03. The van der Waals surface area contributed by atoms with Crippen LogP contribution in [0.15, 0.2) is 59.0 Å². The molecule has 0 atom stereocenters. The van der Waals surface area contributed by atoms with Gasteiger partial charge >= 0.3 is 0 Å². The molecule has 0 saturated heterocycles. The molecule has 0 aliphatic heterocycles. The van der Waals surface area contributed by atoms with Gasteiger partial charge in [-0.05, 0) is 31.2 Å². The highest BCUT2D eigenvalue weighted by molar-refractivity contribution is 5.44. The van der Waals surface area contributed by atoms with Crippen LogP contribution < -0.4 is 10.1 Å². The van der Waals surface area contributed by atoms with Crippen molar-refractivity contribution in [1.29, 1.82) is 0 Å². The molecule has 0 aliphatic rings. The van der Waals surface area contributed by atoms with E-state index >= 15 is 0 Å². The van der Waals surface area contributed by atoms with E-state index in [0.717, 1.165) is 11.4 Å². The third-order valence-electron chi connectivity index (χ3n) is 3.11. The quantitative estimate of drug-likeness (QED) is 0.753. The molecule has 22 heavy (non-hydrogen) atoms. The van der Waals surface area contributed by atoms with Crippen molar-refractivity contribution < 1.29 is 9.15 Å². The fraction of sp³-hybridized carbons (Fsp3) is 0.176. The number of nitrogens with one attached hydrogen (secondary N) is 1. The topological polar surface area (TPSA) is 60.2 Å². The fourth-order valence-corrected chi connectivity index (χ4v) is 1.93. The van der Waals surface area contributed by atoms with E-state index in [2.05, 4.69) is 34.6 Å². The van der Waals surface area contributed by atoms with Crippen LogP contribution in [0.1, 0.15) is 17.3 Å². The summed E-state index contributed by atoms with van der Waals surface area (Å²) in [7, 11) is 0. The lowest BCUT2D eigenvalue weighted by molar-refractivity contribution is 0.259. The minimum atomic E-state index is 0.265. The Labute approximate surface area is 129 Å². The number of benzene rings is 2. The van der Waals surface area contributed by atoms with Crippen molar-refractivity contribution in [3.8, 4) is 5.75 Å². The second-order valence-electron chi connectivity index (χ2n) is 4.91. The number of anilines is 1. The molecule has 0 fully saturated rings. The Morgan fingerprint density at radius 1 is 0.955 bits per heavy atom. The smallest absolute Gasteiger partial charge is 0.253 e. The maximum Gasteiger partial charge on any atom is 0.253 e. The Bertz CT molecular complexity index is 708. The fourth-order valence-electron chi connectivity index (χ4n) is 1.93. The summed E-state index contributed by atoms with van der Waals surface area (Å²) in [5, 5.41) is 11.2. The van der Waals surface area contributed by atoms with Crippen molar-refractivity contribution in [2.75, 3.05) is 5.32 Å². The van der Waals surface area contributed by atoms with Gasteiger partial charge in [0.15, 0.2) is 6.61 Å². The standard InChI is InChI=1S/C17H17N3O2/c1-13-7-9-14(10-8-13)18-11-16-19-20-17(22-16)12-21-15-5-3-2-4-6-15/h2-10,18H,11-12H2,1H3. The highest BCUT2D eigenvalue weighted by Crippen LogP contribution is 2.12. The molecule has 5 nitrogen and oxygen atoms in total. The number of ether oxygens (including phenoxy) is 1. The zero-order chi connectivity index (χ0) is 15.2. The highest BCUT2D eigenvalue weighted by atomic mass is 16.5. The number of aryl methyl sites for hydroxylation is 1. The van der Waals surface area contributed by atoms with Crippen LogP contribution in [0.5, 0.6) is 5.75 Å². The molecule has 1 N–H and O–H groups in total. The molecule has 0 saturated carbocycles. The van der Waals surface area contributed by atoms with E-state index in [1.165, 1.54) is 5.56 Å². The van der Waals surface area contributed by atoms with E-state index in [4.69, 9.17) is 9.15 Å². The molecular weight excluding hydrogens is 278 g/mol. The molecule has 1 aromatic heterocycles. The number of hydrogen-bond acceptors (Lipinski definition) is 5. The van der Waals surface area contributed by atoms with E-state index in [1.54, 1.807) is 0 Å². The van der Waals surface area contributed by atoms with Gasteiger partial charge in [0.05, 0.1) is 6.54 Å². The van der Waals surface area contributed by atoms with Crippen molar-refractivity contribution in [3.05, 3.63) is 71.9 Å². The van der Waals surface area contributed by atoms with E-state index in [9.17, 15) is 0 Å². The lowest BCUT2D eigenvalue weighted by atomic mass is 10.2. The van der Waals surface area contributed by atoms with Gasteiger partial charge in [-0.2, -0.15) is 0 Å². The molecule has 0 spiro atoms. The Balaban J connectivity index is 1.51. The van der Waals surface area contributed by atoms with Gasteiger partial charge in [0.25, 0.3) is 5.89 Å². The van der Waals surface area contributed by atoms with Gasteiger partial charge in [-0.15, -0.1) is 10.2 Å². The third kappa shape index (κ3) is 3.85. The van der Waals surface area contributed by atoms with Gasteiger partial charge in [0.2, 0.25) is 5.89 Å². The van der Waals surface area contributed by atoms with Gasteiger partial charge in [0.1, 0.15) is 5.75 Å². The normalized spacial score (nSPS) is 10.4. The Hall–Kier alpha value is -2.82. The molecule has 0 radical (unpaired) electrons. The average Bonchev–Trinajstić information content (AvgIpc) is 3.01. The molecule has 0 aliphatic carbocycles. The average molecular weight is 295 g/mol. The number of hydrogen-bond donors (Lipinski definition) is 1. The van der Waals surface area contributed by atoms with Crippen molar-refractivity contribution in [1.82, 2.24) is 10.2 Å². The first-order valence-corrected chi connectivity index (χ1v) is 7.09. The van der Waals surface area contributed by atoms with Crippen LogP contribution in [0.25, 0.3) is 0 Å². The first kappa shape index (κ1) is 14.1. The maximum absolute atomic E-state index is 5.56. The minimum Gasteiger partial charge on any atom is -0.484 e. The van der Waals surface area contributed by atoms with Crippen molar-refractivity contribution in [2.45, 2.75) is 20.1 Å². The van der Waals surface area contributed by atoms with E-state index < -0.39 is 0 Å². The van der Waals surface area contributed by atoms with Crippen LogP contribution in [-0.2, 0) is 13.2 Å². The molecule has 0 unspecified atom stereocenters. The predicted molar refractivity (Wildman–Crippen MR) is 83.6 cm³/mol. The molecule has 3 aromatic rings. The van der Waals surface area contributed by atoms with Crippen molar-refractivity contribution in [2.24, 2.45) is 0 Å². The molecule has 1 heterocycles. The van der Waals surface area contributed by atoms with E-state index in [0.29, 0.717) is 18.3 Å². The molecule has 0 bridgehead atoms. The van der Waals surface area contributed by atoms with Crippen LogP contribution in [0.4, 0.5) is 5.69 Å². The zero-order valence-electron chi connectivity index (χ0n) is 12.3. The minimum absolute atomic E-state index is 0.265. The molecule has 3 rings (SSSR count). The second-order valence-corrected chi connectivity index (χ2v) is 4.91. The molecular formula is C17H17N3O2. The van der Waals surface area contributed by atoms with Crippen LogP contribution in [-0.4, -0.2) is 10.2 Å². The summed E-state index contributed by atoms with van der Waals surface area (Å²) in [6.45, 7) is 2.81. The molecule has 2 aromatic carbocycles. The third-order valence-corrected chi connectivity index (χ3v) is 3.11. The molecule has 5 heteroatoms. The first-order chi connectivity index (χ1) is 10.8. The van der Waals surface area contributed by atoms with Gasteiger partial charge in [-0.1, -0.05) is 35.9 Å². The highest BCUT2D eigenvalue weighted by Gasteiger charge is 2.06. The zero-order valence-corrected chi connectivity index (χ0v) is 12.3. The van der Waals surface area contributed by atoms with E-state index in [1.807, 2.05) is 42.5 Å². The van der Waals surface area contributed by atoms with Crippen molar-refractivity contribution in [3.63, 3.8) is 0 Å². The lowest BCUT2D eigenvalue weighted by Crippen LogP contribution is -1.99. The van der Waals surface area contributed by atoms with Gasteiger partial charge in [-0.25, -0.2) is 0 Å². The van der Waals surface area contributed by atoms with Crippen LogP contribution in [0, 0.1) is 6.92 Å². The Morgan fingerprint density at radius 3 is 2.45 bits per heavy atom. The van der Waals surface area contributed by atoms with Gasteiger partial charge < -0.3 is 14.5 Å². The monoisotopic (exact) mass is 295 g/mol. The van der Waals surface area contributed by atoms with Crippen LogP contribution in [0.2, 0.25) is 0 Å². The summed E-state index contributed by atoms with van der Waals surface area (Å²) in [6, 6.07) is 17.7. The number of rotatable bonds is 6. The molecule has 0 amide bonds. The van der Waals surface area contributed by atoms with E-state index in [-0.39, 0.29) is 6.61 Å². The first-order valence-electron chi connectivity index (χ1n) is 7.09. The summed E-state index contributed by atoms with van der Waals surface area (Å²) < 4.78 is 11.1. The number of para-hydroxylation sites is 1. The predicted octanol–water partition coefficient (Wildman–Crippen LogP) is 3.57. The van der Waals surface area contributed by atoms with Crippen molar-refractivity contribution >= 4 is 5.69 Å². The Kier molecular flexibility index (Phi) is 4.34. The maximum atomic E-state index is 5.56. The summed E-state index contributed by atoms with van der Waals surface area (Å²) >= 11 is 0. The molecule has 112 valence electrons. The summed E-state index contributed by atoms with van der Waals surface area (Å²) in [5.74, 6) is 1.77. The largest absolute Gasteiger partial charge is 0.484 e. The Morgan fingerprint density at radius 2 is 1.68 bits per heavy atom. The number of nitrogens with zero attached hydrogens (tertiary/aromatic N) is 2. The summed E-state index contributed by atoms with van der Waals surface area (Å²) in [6.07, 6.45) is 0.